The van der Waals surface area contributed by atoms with Crippen molar-refractivity contribution in [2.45, 2.75) is 19.9 Å². The number of pyridine rings is 1. The molecule has 21 heavy (non-hydrogen) atoms. The lowest BCUT2D eigenvalue weighted by atomic mass is 9.98. The van der Waals surface area contributed by atoms with Gasteiger partial charge in [0.25, 0.3) is 0 Å². The maximum absolute atomic E-state index is 5.80. The number of benzene rings is 1. The van der Waals surface area contributed by atoms with Crippen LogP contribution in [0.2, 0.25) is 0 Å². The van der Waals surface area contributed by atoms with E-state index >= 15 is 0 Å². The number of aryl methyl sites for hydroxylation is 1. The molecule has 0 saturated carbocycles. The van der Waals surface area contributed by atoms with E-state index in [-0.39, 0.29) is 0 Å². The summed E-state index contributed by atoms with van der Waals surface area (Å²) in [6.07, 6.45) is 0.975. The van der Waals surface area contributed by atoms with Gasteiger partial charge in [-0.25, -0.2) is 4.98 Å². The Balaban J connectivity index is 2.55. The summed E-state index contributed by atoms with van der Waals surface area (Å²) in [7, 11) is 5.83. The van der Waals surface area contributed by atoms with Crippen LogP contribution in [0, 0.1) is 0 Å². The van der Waals surface area contributed by atoms with Crippen molar-refractivity contribution < 1.29 is 4.74 Å². The summed E-state index contributed by atoms with van der Waals surface area (Å²) >= 11 is 0. The number of nitrogen functional groups attached to an aromatic ring is 1. The van der Waals surface area contributed by atoms with E-state index in [1.165, 1.54) is 11.1 Å². The quantitative estimate of drug-likeness (QED) is 0.917. The Labute approximate surface area is 126 Å². The number of hydrogen-bond acceptors (Lipinski definition) is 4. The van der Waals surface area contributed by atoms with Gasteiger partial charge in [-0.1, -0.05) is 13.0 Å². The second-order valence-corrected chi connectivity index (χ2v) is 5.36. The van der Waals surface area contributed by atoms with Crippen LogP contribution < -0.4 is 10.5 Å². The molecule has 0 spiro atoms. The molecule has 0 amide bonds. The minimum Gasteiger partial charge on any atom is -0.496 e. The smallest absolute Gasteiger partial charge is 0.128 e. The number of anilines is 1. The highest BCUT2D eigenvalue weighted by Gasteiger charge is 2.13. The number of nitrogens with two attached hydrogens (primary N) is 1. The van der Waals surface area contributed by atoms with Crippen molar-refractivity contribution >= 4 is 5.82 Å². The molecule has 2 rings (SSSR count). The van der Waals surface area contributed by atoms with Crippen molar-refractivity contribution in [3.05, 3.63) is 41.5 Å². The zero-order valence-electron chi connectivity index (χ0n) is 13.2. The van der Waals surface area contributed by atoms with Gasteiger partial charge in [0, 0.05) is 12.1 Å². The summed E-state index contributed by atoms with van der Waals surface area (Å²) in [5, 5.41) is 0. The molecular weight excluding hydrogens is 262 g/mol. The van der Waals surface area contributed by atoms with E-state index in [2.05, 4.69) is 43.0 Å². The van der Waals surface area contributed by atoms with Crippen LogP contribution in [0.15, 0.2) is 30.3 Å². The van der Waals surface area contributed by atoms with Gasteiger partial charge in [0.05, 0.1) is 12.8 Å². The maximum Gasteiger partial charge on any atom is 0.128 e. The molecule has 0 unspecified atom stereocenters. The summed E-state index contributed by atoms with van der Waals surface area (Å²) < 4.78 is 5.56. The molecule has 0 atom stereocenters. The van der Waals surface area contributed by atoms with E-state index in [1.54, 1.807) is 13.2 Å². The number of methoxy groups -OCH3 is 1. The zero-order chi connectivity index (χ0) is 15.4. The predicted octanol–water partition coefficient (Wildman–Crippen LogP) is 2.96. The summed E-state index contributed by atoms with van der Waals surface area (Å²) in [4.78, 5) is 6.56. The summed E-state index contributed by atoms with van der Waals surface area (Å²) in [6, 6.07) is 9.94. The molecular formula is C17H23N3O. The largest absolute Gasteiger partial charge is 0.496 e. The van der Waals surface area contributed by atoms with Crippen LogP contribution in [0.4, 0.5) is 5.82 Å². The molecule has 2 aromatic rings. The van der Waals surface area contributed by atoms with Gasteiger partial charge in [-0.3, -0.25) is 0 Å². The lowest BCUT2D eigenvalue weighted by molar-refractivity contribution is 0.394. The topological polar surface area (TPSA) is 51.4 Å². The molecule has 4 heteroatoms. The molecule has 0 aliphatic carbocycles. The molecule has 1 aromatic heterocycles. The third-order valence-corrected chi connectivity index (χ3v) is 3.44. The Bertz CT molecular complexity index is 623. The van der Waals surface area contributed by atoms with Gasteiger partial charge >= 0.3 is 0 Å². The van der Waals surface area contributed by atoms with Crippen molar-refractivity contribution in [1.29, 1.82) is 0 Å². The second kappa shape index (κ2) is 6.59. The van der Waals surface area contributed by atoms with Gasteiger partial charge in [-0.15, -0.1) is 0 Å². The van der Waals surface area contributed by atoms with Crippen LogP contribution in [-0.2, 0) is 13.0 Å². The van der Waals surface area contributed by atoms with Gasteiger partial charge in [0.2, 0.25) is 0 Å². The Kier molecular flexibility index (Phi) is 4.81. The van der Waals surface area contributed by atoms with E-state index in [4.69, 9.17) is 10.5 Å². The van der Waals surface area contributed by atoms with Gasteiger partial charge < -0.3 is 15.4 Å². The van der Waals surface area contributed by atoms with Gasteiger partial charge in [0.1, 0.15) is 11.6 Å². The number of ether oxygens (including phenoxy) is 1. The normalized spacial score (nSPS) is 10.9. The Hall–Kier alpha value is -2.07. The summed E-state index contributed by atoms with van der Waals surface area (Å²) in [5.74, 6) is 1.35. The first kappa shape index (κ1) is 15.3. The highest BCUT2D eigenvalue weighted by molar-refractivity contribution is 5.70. The van der Waals surface area contributed by atoms with E-state index in [9.17, 15) is 0 Å². The zero-order valence-corrected chi connectivity index (χ0v) is 13.2. The van der Waals surface area contributed by atoms with Crippen molar-refractivity contribution in [3.63, 3.8) is 0 Å². The molecule has 1 heterocycles. The fourth-order valence-corrected chi connectivity index (χ4v) is 2.45. The van der Waals surface area contributed by atoms with Crippen LogP contribution in [0.1, 0.15) is 18.1 Å². The van der Waals surface area contributed by atoms with Crippen LogP contribution in [-0.4, -0.2) is 31.1 Å². The minimum absolute atomic E-state index is 0.518. The highest BCUT2D eigenvalue weighted by atomic mass is 16.5. The summed E-state index contributed by atoms with van der Waals surface area (Å²) in [6.45, 7) is 3.06. The molecule has 112 valence electrons. The van der Waals surface area contributed by atoms with Gasteiger partial charge in [0.15, 0.2) is 0 Å². The molecule has 0 fully saturated rings. The van der Waals surface area contributed by atoms with Crippen molar-refractivity contribution in [3.8, 4) is 17.0 Å². The third kappa shape index (κ3) is 3.52. The number of nitrogens with zero attached hydrogens (tertiary/aromatic N) is 2. The molecule has 0 aliphatic rings. The highest BCUT2D eigenvalue weighted by Crippen LogP contribution is 2.32. The average Bonchev–Trinajstić information content (AvgIpc) is 2.46. The van der Waals surface area contributed by atoms with Crippen molar-refractivity contribution in [2.75, 3.05) is 26.9 Å². The van der Waals surface area contributed by atoms with Gasteiger partial charge in [-0.2, -0.15) is 0 Å². The van der Waals surface area contributed by atoms with Crippen molar-refractivity contribution in [1.82, 2.24) is 9.88 Å². The Morgan fingerprint density at radius 2 is 1.95 bits per heavy atom. The SMILES string of the molecule is CCc1cc(-c2cccc(N)n2)c(OC)cc1CN(C)C. The molecule has 0 saturated heterocycles. The maximum atomic E-state index is 5.80. The first-order valence-electron chi connectivity index (χ1n) is 7.12. The third-order valence-electron chi connectivity index (χ3n) is 3.44. The molecule has 4 nitrogen and oxygen atoms in total. The van der Waals surface area contributed by atoms with Gasteiger partial charge in [-0.05, 0) is 55.9 Å². The van der Waals surface area contributed by atoms with Crippen LogP contribution >= 0.6 is 0 Å². The Morgan fingerprint density at radius 1 is 1.19 bits per heavy atom. The van der Waals surface area contributed by atoms with E-state index < -0.39 is 0 Å². The fraction of sp³-hybridized carbons (Fsp3) is 0.353. The number of aromatic nitrogens is 1. The number of hydrogen-bond donors (Lipinski definition) is 1. The first-order chi connectivity index (χ1) is 10.0. The minimum atomic E-state index is 0.518. The lowest BCUT2D eigenvalue weighted by Crippen LogP contribution is -2.12. The molecule has 2 N–H and O–H groups in total. The summed E-state index contributed by atoms with van der Waals surface area (Å²) in [5.41, 5.74) is 10.2. The number of rotatable bonds is 5. The van der Waals surface area contributed by atoms with Crippen LogP contribution in [0.3, 0.4) is 0 Å². The predicted molar refractivity (Wildman–Crippen MR) is 87.4 cm³/mol. The molecule has 1 aromatic carbocycles. The lowest BCUT2D eigenvalue weighted by Gasteiger charge is -2.17. The van der Waals surface area contributed by atoms with Crippen LogP contribution in [0.5, 0.6) is 5.75 Å². The van der Waals surface area contributed by atoms with Crippen molar-refractivity contribution in [2.24, 2.45) is 0 Å². The fourth-order valence-electron chi connectivity index (χ4n) is 2.45. The first-order valence-corrected chi connectivity index (χ1v) is 7.12. The monoisotopic (exact) mass is 285 g/mol. The van der Waals surface area contributed by atoms with E-state index in [0.29, 0.717) is 5.82 Å². The molecule has 0 radical (unpaired) electrons. The molecule has 0 bridgehead atoms. The Morgan fingerprint density at radius 3 is 2.52 bits per heavy atom. The van der Waals surface area contributed by atoms with E-state index in [1.807, 2.05) is 12.1 Å². The molecule has 0 aliphatic heterocycles. The second-order valence-electron chi connectivity index (χ2n) is 5.36. The standard InChI is InChI=1S/C17H23N3O/c1-5-12-9-14(15-7-6-8-17(18)19-15)16(21-4)10-13(12)11-20(2)3/h6-10H,5,11H2,1-4H3,(H2,18,19). The average molecular weight is 285 g/mol. The van der Waals surface area contributed by atoms with E-state index in [0.717, 1.165) is 30.0 Å². The van der Waals surface area contributed by atoms with Crippen LogP contribution in [0.25, 0.3) is 11.3 Å².